The van der Waals surface area contributed by atoms with Crippen molar-refractivity contribution in [1.82, 2.24) is 24.8 Å². The largest absolute Gasteiger partial charge is 0.416 e. The smallest absolute Gasteiger partial charge is 0.276 e. The van der Waals surface area contributed by atoms with Crippen LogP contribution in [0.4, 0.5) is 0 Å². The topological polar surface area (TPSA) is 69.1 Å². The maximum absolute atomic E-state index is 5.48. The molecular formula is C16H19N5OS. The quantitative estimate of drug-likeness (QED) is 0.732. The number of fused-ring (bicyclic) bond motifs is 1. The Morgan fingerprint density at radius 1 is 1.17 bits per heavy atom. The number of aryl methyl sites for hydroxylation is 2. The van der Waals surface area contributed by atoms with Gasteiger partial charge in [0, 0.05) is 18.4 Å². The molecule has 0 atom stereocenters. The molecule has 0 spiro atoms. The number of hydrogen-bond donors (Lipinski definition) is 0. The molecule has 3 heterocycles. The van der Waals surface area contributed by atoms with Crippen LogP contribution in [0, 0.1) is 13.8 Å². The maximum Gasteiger partial charge on any atom is 0.276 e. The Bertz CT molecular complexity index is 819. The summed E-state index contributed by atoms with van der Waals surface area (Å²) >= 11 is 1.72. The minimum absolute atomic E-state index is 0.571. The number of thioether (sulfide) groups is 1. The van der Waals surface area contributed by atoms with E-state index < -0.39 is 0 Å². The van der Waals surface area contributed by atoms with Crippen molar-refractivity contribution in [3.8, 4) is 0 Å². The third kappa shape index (κ3) is 2.97. The first-order valence-corrected chi connectivity index (χ1v) is 8.83. The molecule has 0 unspecified atom stereocenters. The van der Waals surface area contributed by atoms with Gasteiger partial charge in [0.15, 0.2) is 5.65 Å². The molecule has 0 aliphatic heterocycles. The van der Waals surface area contributed by atoms with Crippen molar-refractivity contribution in [2.45, 2.75) is 55.9 Å². The van der Waals surface area contributed by atoms with Gasteiger partial charge < -0.3 is 4.42 Å². The molecule has 0 radical (unpaired) electrons. The number of pyridine rings is 1. The van der Waals surface area contributed by atoms with Gasteiger partial charge in [-0.15, -0.1) is 10.2 Å². The molecule has 120 valence electrons. The van der Waals surface area contributed by atoms with E-state index in [1.54, 1.807) is 18.1 Å². The van der Waals surface area contributed by atoms with Gasteiger partial charge in [-0.05, 0) is 55.7 Å². The second kappa shape index (κ2) is 5.96. The van der Waals surface area contributed by atoms with Crippen LogP contribution in [0.2, 0.25) is 0 Å². The Balaban J connectivity index is 1.44. The normalized spacial score (nSPS) is 21.8. The number of hydrogen-bond acceptors (Lipinski definition) is 6. The lowest BCUT2D eigenvalue weighted by atomic mass is 9.83. The lowest BCUT2D eigenvalue weighted by Crippen LogP contribution is -2.16. The molecule has 23 heavy (non-hydrogen) atoms. The van der Waals surface area contributed by atoms with Crippen LogP contribution in [0.1, 0.15) is 48.6 Å². The van der Waals surface area contributed by atoms with E-state index in [1.165, 1.54) is 36.8 Å². The minimum atomic E-state index is 0.571. The highest BCUT2D eigenvalue weighted by Gasteiger charge is 2.26. The molecule has 4 rings (SSSR count). The van der Waals surface area contributed by atoms with Gasteiger partial charge in [0.1, 0.15) is 6.33 Å². The van der Waals surface area contributed by atoms with E-state index in [-0.39, 0.29) is 0 Å². The van der Waals surface area contributed by atoms with Crippen LogP contribution in [-0.2, 0) is 0 Å². The number of nitrogens with zero attached hydrogens (tertiary/aromatic N) is 5. The molecule has 0 N–H and O–H groups in total. The molecule has 3 aromatic rings. The molecule has 6 nitrogen and oxygen atoms in total. The van der Waals surface area contributed by atoms with E-state index in [4.69, 9.17) is 4.42 Å². The van der Waals surface area contributed by atoms with E-state index in [2.05, 4.69) is 39.5 Å². The third-order valence-electron chi connectivity index (χ3n) is 4.55. The summed E-state index contributed by atoms with van der Waals surface area (Å²) < 4.78 is 7.36. The van der Waals surface area contributed by atoms with E-state index in [1.807, 2.05) is 11.4 Å². The van der Waals surface area contributed by atoms with E-state index in [0.717, 1.165) is 5.65 Å². The highest BCUT2D eigenvalue weighted by molar-refractivity contribution is 7.99. The molecule has 1 aliphatic rings. The first-order valence-electron chi connectivity index (χ1n) is 7.95. The summed E-state index contributed by atoms with van der Waals surface area (Å²) in [5, 5.41) is 13.5. The molecule has 0 bridgehead atoms. The zero-order valence-electron chi connectivity index (χ0n) is 13.3. The van der Waals surface area contributed by atoms with Crippen LogP contribution in [0.5, 0.6) is 0 Å². The van der Waals surface area contributed by atoms with Crippen molar-refractivity contribution in [1.29, 1.82) is 0 Å². The molecule has 1 fully saturated rings. The Kier molecular flexibility index (Phi) is 3.80. The fraction of sp³-hybridized carbons (Fsp3) is 0.500. The Hall–Kier alpha value is -1.89. The predicted molar refractivity (Wildman–Crippen MR) is 87.6 cm³/mol. The van der Waals surface area contributed by atoms with Crippen molar-refractivity contribution >= 4 is 17.4 Å². The molecule has 0 saturated heterocycles. The Labute approximate surface area is 138 Å². The zero-order chi connectivity index (χ0) is 15.8. The summed E-state index contributed by atoms with van der Waals surface area (Å²) in [6.07, 6.45) is 8.48. The number of rotatable bonds is 3. The highest BCUT2D eigenvalue weighted by Crippen LogP contribution is 2.40. The SMILES string of the molecule is Cc1nnc(S[C@H]2CC[C@@H](c3cn4ncnc4cc3C)CC2)o1. The van der Waals surface area contributed by atoms with E-state index in [0.29, 0.717) is 22.3 Å². The average molecular weight is 329 g/mol. The lowest BCUT2D eigenvalue weighted by Gasteiger charge is -2.28. The summed E-state index contributed by atoms with van der Waals surface area (Å²) in [5.74, 6) is 1.24. The first-order chi connectivity index (χ1) is 11.2. The van der Waals surface area contributed by atoms with Crippen LogP contribution < -0.4 is 0 Å². The van der Waals surface area contributed by atoms with Crippen LogP contribution >= 0.6 is 11.8 Å². The van der Waals surface area contributed by atoms with E-state index in [9.17, 15) is 0 Å². The highest BCUT2D eigenvalue weighted by atomic mass is 32.2. The van der Waals surface area contributed by atoms with Gasteiger partial charge in [0.05, 0.1) is 0 Å². The fourth-order valence-electron chi connectivity index (χ4n) is 3.36. The maximum atomic E-state index is 5.48. The van der Waals surface area contributed by atoms with Crippen LogP contribution in [0.15, 0.2) is 28.2 Å². The predicted octanol–water partition coefficient (Wildman–Crippen LogP) is 3.55. The lowest BCUT2D eigenvalue weighted by molar-refractivity contribution is 0.419. The Morgan fingerprint density at radius 3 is 2.74 bits per heavy atom. The van der Waals surface area contributed by atoms with Crippen molar-refractivity contribution in [2.75, 3.05) is 0 Å². The van der Waals surface area contributed by atoms with Crippen LogP contribution in [-0.4, -0.2) is 30.0 Å². The summed E-state index contributed by atoms with van der Waals surface area (Å²) in [6.45, 7) is 4.00. The van der Waals surface area contributed by atoms with Crippen molar-refractivity contribution < 1.29 is 4.42 Å². The fourth-order valence-corrected chi connectivity index (χ4v) is 4.41. The Morgan fingerprint density at radius 2 is 2.00 bits per heavy atom. The molecule has 7 heteroatoms. The van der Waals surface area contributed by atoms with Crippen LogP contribution in [0.3, 0.4) is 0 Å². The van der Waals surface area contributed by atoms with Gasteiger partial charge in [-0.25, -0.2) is 9.50 Å². The van der Waals surface area contributed by atoms with Gasteiger partial charge in [0.2, 0.25) is 5.89 Å². The first kappa shape index (κ1) is 14.7. The molecule has 3 aromatic heterocycles. The molecule has 0 amide bonds. The molecular weight excluding hydrogens is 310 g/mol. The summed E-state index contributed by atoms with van der Waals surface area (Å²) in [4.78, 5) is 4.25. The standard InChI is InChI=1S/C16H19N5OS/c1-10-7-15-17-9-18-21(15)8-14(10)12-3-5-13(6-4-12)23-16-20-19-11(2)22-16/h7-9,12-13H,3-6H2,1-2H3/t12-,13+. The number of aromatic nitrogens is 5. The van der Waals surface area contributed by atoms with Gasteiger partial charge in [0.25, 0.3) is 5.22 Å². The summed E-state index contributed by atoms with van der Waals surface area (Å²) in [6, 6.07) is 2.13. The third-order valence-corrected chi connectivity index (χ3v) is 5.72. The van der Waals surface area contributed by atoms with Crippen molar-refractivity contribution in [2.24, 2.45) is 0 Å². The van der Waals surface area contributed by atoms with Gasteiger partial charge in [-0.3, -0.25) is 0 Å². The minimum Gasteiger partial charge on any atom is -0.416 e. The molecule has 1 aliphatic carbocycles. The second-order valence-corrected chi connectivity index (χ2v) is 7.40. The summed E-state index contributed by atoms with van der Waals surface area (Å²) in [5.41, 5.74) is 3.64. The molecule has 1 saturated carbocycles. The second-order valence-electron chi connectivity index (χ2n) is 6.15. The van der Waals surface area contributed by atoms with E-state index >= 15 is 0 Å². The summed E-state index contributed by atoms with van der Waals surface area (Å²) in [7, 11) is 0. The van der Waals surface area contributed by atoms with Gasteiger partial charge >= 0.3 is 0 Å². The monoisotopic (exact) mass is 329 g/mol. The van der Waals surface area contributed by atoms with Crippen molar-refractivity contribution in [3.05, 3.63) is 35.6 Å². The zero-order valence-corrected chi connectivity index (χ0v) is 14.1. The average Bonchev–Trinajstić information content (AvgIpc) is 3.16. The van der Waals surface area contributed by atoms with Crippen LogP contribution in [0.25, 0.3) is 5.65 Å². The van der Waals surface area contributed by atoms with Crippen molar-refractivity contribution in [3.63, 3.8) is 0 Å². The van der Waals surface area contributed by atoms with Gasteiger partial charge in [-0.2, -0.15) is 5.10 Å². The molecule has 0 aromatic carbocycles. The van der Waals surface area contributed by atoms with Gasteiger partial charge in [-0.1, -0.05) is 11.8 Å².